The van der Waals surface area contributed by atoms with Crippen LogP contribution >= 0.6 is 11.6 Å². The molecule has 24 heavy (non-hydrogen) atoms. The molecule has 1 aromatic heterocycles. The summed E-state index contributed by atoms with van der Waals surface area (Å²) in [5, 5.41) is 0.563. The highest BCUT2D eigenvalue weighted by Crippen LogP contribution is 2.39. The second-order valence-electron chi connectivity index (χ2n) is 6.14. The summed E-state index contributed by atoms with van der Waals surface area (Å²) in [6, 6.07) is 7.35. The lowest BCUT2D eigenvalue weighted by Crippen LogP contribution is -2.31. The van der Waals surface area contributed by atoms with E-state index in [0.717, 1.165) is 24.2 Å². The van der Waals surface area contributed by atoms with Gasteiger partial charge in [-0.1, -0.05) is 29.8 Å². The van der Waals surface area contributed by atoms with Crippen LogP contribution in [0, 0.1) is 0 Å². The van der Waals surface area contributed by atoms with E-state index in [9.17, 15) is 9.59 Å². The van der Waals surface area contributed by atoms with E-state index in [1.165, 1.54) is 4.90 Å². The molecule has 0 bridgehead atoms. The monoisotopic (exact) mass is 343 g/mol. The van der Waals surface area contributed by atoms with Crippen LogP contribution in [0.15, 0.2) is 30.5 Å². The fourth-order valence-corrected chi connectivity index (χ4v) is 2.72. The number of hydrogen-bond acceptors (Lipinski definition) is 4. The number of benzene rings is 1. The van der Waals surface area contributed by atoms with E-state index in [4.69, 9.17) is 11.6 Å². The van der Waals surface area contributed by atoms with Crippen molar-refractivity contribution >= 4 is 23.3 Å². The molecule has 1 amide bonds. The molecular formula is C18H18ClN3O2. The first-order valence-electron chi connectivity index (χ1n) is 7.82. The molecule has 0 unspecified atom stereocenters. The quantitative estimate of drug-likeness (QED) is 0.783. The average molecular weight is 344 g/mol. The molecule has 2 aromatic rings. The number of aromatic nitrogens is 2. The van der Waals surface area contributed by atoms with Crippen LogP contribution in [0.5, 0.6) is 0 Å². The molecule has 1 fully saturated rings. The normalized spacial score (nSPS) is 13.6. The fourth-order valence-electron chi connectivity index (χ4n) is 2.49. The molecule has 1 aliphatic rings. The van der Waals surface area contributed by atoms with E-state index in [0.29, 0.717) is 22.2 Å². The summed E-state index contributed by atoms with van der Waals surface area (Å²) in [6.45, 7) is 0. The molecule has 0 atom stereocenters. The first-order chi connectivity index (χ1) is 11.5. The lowest BCUT2D eigenvalue weighted by Gasteiger charge is -2.13. The number of rotatable bonds is 5. The van der Waals surface area contributed by atoms with Crippen molar-refractivity contribution in [3.8, 4) is 11.1 Å². The highest BCUT2D eigenvalue weighted by molar-refractivity contribution is 6.36. The highest BCUT2D eigenvalue weighted by Gasteiger charge is 2.28. The second-order valence-corrected chi connectivity index (χ2v) is 6.55. The smallest absolute Gasteiger partial charge is 0.289 e. The van der Waals surface area contributed by atoms with Gasteiger partial charge in [0.25, 0.3) is 5.91 Å². The Hall–Kier alpha value is -2.27. The lowest BCUT2D eigenvalue weighted by molar-refractivity contribution is -0.142. The van der Waals surface area contributed by atoms with Crippen LogP contribution < -0.4 is 0 Å². The van der Waals surface area contributed by atoms with Crippen LogP contribution in [0.25, 0.3) is 11.1 Å². The number of hydrogen-bond donors (Lipinski definition) is 0. The van der Waals surface area contributed by atoms with Gasteiger partial charge in [0.1, 0.15) is 5.82 Å². The second kappa shape index (κ2) is 6.69. The molecule has 0 saturated heterocycles. The molecule has 0 aliphatic heterocycles. The number of nitrogens with zero attached hydrogens (tertiary/aromatic N) is 3. The topological polar surface area (TPSA) is 63.2 Å². The Bertz CT molecular complexity index is 801. The van der Waals surface area contributed by atoms with Gasteiger partial charge in [-0.2, -0.15) is 0 Å². The van der Waals surface area contributed by atoms with Crippen molar-refractivity contribution in [3.63, 3.8) is 0 Å². The van der Waals surface area contributed by atoms with Crippen molar-refractivity contribution in [1.29, 1.82) is 0 Å². The van der Waals surface area contributed by atoms with Crippen LogP contribution in [0.2, 0.25) is 5.02 Å². The number of likely N-dealkylation sites (N-methyl/N-ethyl adjacent to an activating group) is 1. The average Bonchev–Trinajstić information content (AvgIpc) is 3.39. The molecule has 1 saturated carbocycles. The molecule has 124 valence electrons. The van der Waals surface area contributed by atoms with E-state index < -0.39 is 11.7 Å². The SMILES string of the molecule is CN(C)C(=O)C(=O)Cc1nc(C2CC2)ncc1-c1ccccc1Cl. The maximum absolute atomic E-state index is 12.2. The van der Waals surface area contributed by atoms with Gasteiger partial charge >= 0.3 is 0 Å². The summed E-state index contributed by atoms with van der Waals surface area (Å²) in [5.41, 5.74) is 2.02. The Morgan fingerprint density at radius 1 is 1.21 bits per heavy atom. The summed E-state index contributed by atoms with van der Waals surface area (Å²) in [5.74, 6) is 0.0787. The van der Waals surface area contributed by atoms with E-state index in [-0.39, 0.29) is 6.42 Å². The Morgan fingerprint density at radius 2 is 1.92 bits per heavy atom. The molecule has 6 heteroatoms. The number of amides is 1. The predicted molar refractivity (Wildman–Crippen MR) is 91.9 cm³/mol. The summed E-state index contributed by atoms with van der Waals surface area (Å²) >= 11 is 6.28. The Balaban J connectivity index is 2.01. The Kier molecular flexibility index (Phi) is 4.62. The van der Waals surface area contributed by atoms with Gasteiger partial charge < -0.3 is 4.90 Å². The number of carbonyl (C=O) groups excluding carboxylic acids is 2. The first-order valence-corrected chi connectivity index (χ1v) is 8.20. The Labute approximate surface area is 145 Å². The molecular weight excluding hydrogens is 326 g/mol. The molecule has 1 heterocycles. The molecule has 1 aromatic carbocycles. The summed E-state index contributed by atoms with van der Waals surface area (Å²) in [7, 11) is 3.12. The van der Waals surface area contributed by atoms with Gasteiger partial charge in [0.15, 0.2) is 0 Å². The van der Waals surface area contributed by atoms with Gasteiger partial charge in [-0.05, 0) is 18.9 Å². The van der Waals surface area contributed by atoms with Gasteiger partial charge in [0, 0.05) is 42.4 Å². The van der Waals surface area contributed by atoms with Crippen LogP contribution in [0.1, 0.15) is 30.3 Å². The van der Waals surface area contributed by atoms with Gasteiger partial charge in [-0.25, -0.2) is 9.97 Å². The van der Waals surface area contributed by atoms with Crippen molar-refractivity contribution < 1.29 is 9.59 Å². The maximum Gasteiger partial charge on any atom is 0.289 e. The minimum absolute atomic E-state index is 0.0557. The summed E-state index contributed by atoms with van der Waals surface area (Å²) in [6.07, 6.45) is 3.79. The predicted octanol–water partition coefficient (Wildman–Crippen LogP) is 2.87. The van der Waals surface area contributed by atoms with E-state index >= 15 is 0 Å². The zero-order chi connectivity index (χ0) is 17.3. The molecule has 1 aliphatic carbocycles. The third-order valence-corrected chi connectivity index (χ3v) is 4.30. The molecule has 3 rings (SSSR count). The van der Waals surface area contributed by atoms with E-state index in [2.05, 4.69) is 9.97 Å². The minimum atomic E-state index is -0.535. The van der Waals surface area contributed by atoms with Crippen molar-refractivity contribution in [2.24, 2.45) is 0 Å². The van der Waals surface area contributed by atoms with E-state index in [1.54, 1.807) is 26.4 Å². The largest absolute Gasteiger partial charge is 0.342 e. The first kappa shape index (κ1) is 16.6. The molecule has 0 N–H and O–H groups in total. The van der Waals surface area contributed by atoms with Crippen LogP contribution in [0.4, 0.5) is 0 Å². The van der Waals surface area contributed by atoms with E-state index in [1.807, 2.05) is 18.2 Å². The molecule has 0 spiro atoms. The zero-order valence-electron chi connectivity index (χ0n) is 13.6. The minimum Gasteiger partial charge on any atom is -0.342 e. The molecule has 5 nitrogen and oxygen atoms in total. The maximum atomic E-state index is 12.2. The summed E-state index contributed by atoms with van der Waals surface area (Å²) < 4.78 is 0. The standard InChI is InChI=1S/C18H18ClN3O2/c1-22(2)18(24)16(23)9-15-13(12-5-3-4-6-14(12)19)10-20-17(21-15)11-7-8-11/h3-6,10-11H,7-9H2,1-2H3. The van der Waals surface area contributed by atoms with Gasteiger partial charge in [-0.15, -0.1) is 0 Å². The fraction of sp³-hybridized carbons (Fsp3) is 0.333. The van der Waals surface area contributed by atoms with Gasteiger partial charge in [0.05, 0.1) is 12.1 Å². The van der Waals surface area contributed by atoms with Gasteiger partial charge in [0.2, 0.25) is 5.78 Å². The van der Waals surface area contributed by atoms with Gasteiger partial charge in [-0.3, -0.25) is 9.59 Å². The lowest BCUT2D eigenvalue weighted by atomic mass is 10.0. The number of ketones is 1. The number of Topliss-reactive ketones (excluding diaryl/α,β-unsaturated/α-hetero) is 1. The third kappa shape index (κ3) is 3.46. The zero-order valence-corrected chi connectivity index (χ0v) is 14.4. The highest BCUT2D eigenvalue weighted by atomic mass is 35.5. The Morgan fingerprint density at radius 3 is 2.54 bits per heavy atom. The third-order valence-electron chi connectivity index (χ3n) is 3.97. The number of carbonyl (C=O) groups is 2. The van der Waals surface area contributed by atoms with Crippen molar-refractivity contribution in [3.05, 3.63) is 47.0 Å². The van der Waals surface area contributed by atoms with Crippen molar-refractivity contribution in [1.82, 2.24) is 14.9 Å². The van der Waals surface area contributed by atoms with Crippen molar-refractivity contribution in [2.45, 2.75) is 25.2 Å². The summed E-state index contributed by atoms with van der Waals surface area (Å²) in [4.78, 5) is 34.4. The van der Waals surface area contributed by atoms with Crippen LogP contribution in [-0.2, 0) is 16.0 Å². The van der Waals surface area contributed by atoms with Crippen molar-refractivity contribution in [2.75, 3.05) is 14.1 Å². The van der Waals surface area contributed by atoms with Crippen LogP contribution in [0.3, 0.4) is 0 Å². The van der Waals surface area contributed by atoms with Crippen LogP contribution in [-0.4, -0.2) is 40.7 Å². The molecule has 0 radical (unpaired) electrons. The number of halogens is 1.